The summed E-state index contributed by atoms with van der Waals surface area (Å²) in [4.78, 5) is 4.35. The van der Waals surface area contributed by atoms with E-state index in [-0.39, 0.29) is 6.04 Å². The Balaban J connectivity index is 2.44. The summed E-state index contributed by atoms with van der Waals surface area (Å²) in [7, 11) is 0. The molecule has 1 aromatic heterocycles. The van der Waals surface area contributed by atoms with Gasteiger partial charge in [-0.2, -0.15) is 0 Å². The predicted molar refractivity (Wildman–Crippen MR) is 93.0 cm³/mol. The highest BCUT2D eigenvalue weighted by atomic mass is 127. The number of nitrogens with one attached hydrogen (secondary N) is 1. The van der Waals surface area contributed by atoms with Gasteiger partial charge in [0.2, 0.25) is 0 Å². The van der Waals surface area contributed by atoms with Crippen LogP contribution in [0.2, 0.25) is 0 Å². The Morgan fingerprint density at radius 3 is 2.75 bits per heavy atom. The first kappa shape index (κ1) is 15.4. The van der Waals surface area contributed by atoms with Gasteiger partial charge in [-0.1, -0.05) is 31.2 Å². The molecule has 0 saturated heterocycles. The molecule has 3 heteroatoms. The zero-order valence-corrected chi connectivity index (χ0v) is 14.4. The Labute approximate surface area is 135 Å². The number of aromatic nitrogens is 1. The van der Waals surface area contributed by atoms with Crippen LogP contribution in [0.4, 0.5) is 0 Å². The molecule has 0 aliphatic carbocycles. The van der Waals surface area contributed by atoms with Gasteiger partial charge in [-0.15, -0.1) is 0 Å². The van der Waals surface area contributed by atoms with Crippen molar-refractivity contribution in [2.75, 3.05) is 6.54 Å². The third kappa shape index (κ3) is 3.58. The fourth-order valence-electron chi connectivity index (χ4n) is 2.33. The van der Waals surface area contributed by atoms with Gasteiger partial charge in [0, 0.05) is 16.0 Å². The van der Waals surface area contributed by atoms with Crippen molar-refractivity contribution in [1.29, 1.82) is 0 Å². The number of hydrogen-bond acceptors (Lipinski definition) is 2. The van der Waals surface area contributed by atoms with Crippen LogP contribution in [0.3, 0.4) is 0 Å². The molecule has 20 heavy (non-hydrogen) atoms. The highest BCUT2D eigenvalue weighted by Crippen LogP contribution is 2.28. The van der Waals surface area contributed by atoms with Crippen LogP contribution in [0.5, 0.6) is 0 Å². The fourth-order valence-corrected chi connectivity index (χ4v) is 3.00. The van der Waals surface area contributed by atoms with Gasteiger partial charge in [-0.25, -0.2) is 0 Å². The molecule has 0 bridgehead atoms. The zero-order valence-electron chi connectivity index (χ0n) is 12.3. The maximum absolute atomic E-state index is 4.35. The van der Waals surface area contributed by atoms with Gasteiger partial charge in [0.1, 0.15) is 0 Å². The Morgan fingerprint density at radius 1 is 1.25 bits per heavy atom. The van der Waals surface area contributed by atoms with Gasteiger partial charge in [0.15, 0.2) is 0 Å². The number of pyridine rings is 1. The van der Waals surface area contributed by atoms with Crippen LogP contribution in [0.1, 0.15) is 41.6 Å². The van der Waals surface area contributed by atoms with Crippen molar-refractivity contribution < 1.29 is 0 Å². The minimum Gasteiger partial charge on any atom is -0.306 e. The molecule has 0 saturated carbocycles. The van der Waals surface area contributed by atoms with Crippen molar-refractivity contribution in [2.45, 2.75) is 33.2 Å². The molecule has 2 rings (SSSR count). The number of nitrogens with zero attached hydrogens (tertiary/aromatic N) is 1. The van der Waals surface area contributed by atoms with E-state index in [2.05, 4.69) is 77.9 Å². The van der Waals surface area contributed by atoms with Crippen LogP contribution in [-0.2, 0) is 0 Å². The highest BCUT2D eigenvalue weighted by molar-refractivity contribution is 14.1. The van der Waals surface area contributed by atoms with Crippen molar-refractivity contribution in [3.63, 3.8) is 0 Å². The number of aryl methyl sites for hydroxylation is 2. The summed E-state index contributed by atoms with van der Waals surface area (Å²) in [5.41, 5.74) is 5.11. The van der Waals surface area contributed by atoms with E-state index in [0.29, 0.717) is 0 Å². The third-order valence-electron chi connectivity index (χ3n) is 3.36. The van der Waals surface area contributed by atoms with Crippen molar-refractivity contribution in [1.82, 2.24) is 10.3 Å². The number of halogens is 1. The van der Waals surface area contributed by atoms with Crippen LogP contribution in [0.15, 0.2) is 36.7 Å². The highest BCUT2D eigenvalue weighted by Gasteiger charge is 2.17. The summed E-state index contributed by atoms with van der Waals surface area (Å²) in [5, 5.41) is 3.65. The van der Waals surface area contributed by atoms with E-state index in [9.17, 15) is 0 Å². The lowest BCUT2D eigenvalue weighted by Gasteiger charge is -2.21. The number of rotatable bonds is 5. The topological polar surface area (TPSA) is 24.9 Å². The molecule has 1 aromatic carbocycles. The molecule has 0 aliphatic heterocycles. The first-order valence-corrected chi connectivity index (χ1v) is 8.11. The molecular weight excluding hydrogens is 359 g/mol. The second kappa shape index (κ2) is 7.18. The largest absolute Gasteiger partial charge is 0.306 e. The molecule has 0 radical (unpaired) electrons. The molecule has 0 spiro atoms. The minimum absolute atomic E-state index is 0.217. The standard InChI is InChI=1S/C17H21IN2/c1-4-8-20-17(14-9-12(2)10-19-11-14)15-7-5-6-13(3)16(15)18/h5-7,9-11,17,20H,4,8H2,1-3H3. The van der Waals surface area contributed by atoms with Gasteiger partial charge in [-0.05, 0) is 71.7 Å². The normalized spacial score (nSPS) is 12.4. The average Bonchev–Trinajstić information content (AvgIpc) is 2.44. The maximum Gasteiger partial charge on any atom is 0.0602 e. The second-order valence-electron chi connectivity index (χ2n) is 5.16. The van der Waals surface area contributed by atoms with Gasteiger partial charge in [-0.3, -0.25) is 4.98 Å². The van der Waals surface area contributed by atoms with E-state index in [1.54, 1.807) is 0 Å². The monoisotopic (exact) mass is 380 g/mol. The Morgan fingerprint density at radius 2 is 2.05 bits per heavy atom. The SMILES string of the molecule is CCCNC(c1cncc(C)c1)c1cccc(C)c1I. The molecular formula is C17H21IN2. The first-order valence-electron chi connectivity index (χ1n) is 7.03. The minimum atomic E-state index is 0.217. The maximum atomic E-state index is 4.35. The molecule has 106 valence electrons. The summed E-state index contributed by atoms with van der Waals surface area (Å²) >= 11 is 2.45. The molecule has 0 aliphatic rings. The third-order valence-corrected chi connectivity index (χ3v) is 4.83. The van der Waals surface area contributed by atoms with Crippen molar-refractivity contribution in [3.8, 4) is 0 Å². The van der Waals surface area contributed by atoms with Crippen LogP contribution in [-0.4, -0.2) is 11.5 Å². The van der Waals surface area contributed by atoms with Crippen LogP contribution in [0, 0.1) is 17.4 Å². The summed E-state index contributed by atoms with van der Waals surface area (Å²) in [6, 6.07) is 8.95. The lowest BCUT2D eigenvalue weighted by atomic mass is 9.97. The van der Waals surface area contributed by atoms with E-state index in [0.717, 1.165) is 13.0 Å². The first-order chi connectivity index (χ1) is 9.63. The van der Waals surface area contributed by atoms with Gasteiger partial charge < -0.3 is 5.32 Å². The fraction of sp³-hybridized carbons (Fsp3) is 0.353. The Bertz CT molecular complexity index is 581. The van der Waals surface area contributed by atoms with Crippen LogP contribution in [0.25, 0.3) is 0 Å². The van der Waals surface area contributed by atoms with Crippen LogP contribution < -0.4 is 5.32 Å². The van der Waals surface area contributed by atoms with Gasteiger partial charge in [0.25, 0.3) is 0 Å². The zero-order chi connectivity index (χ0) is 14.5. The van der Waals surface area contributed by atoms with E-state index in [1.807, 2.05) is 12.4 Å². The quantitative estimate of drug-likeness (QED) is 0.779. The lowest BCUT2D eigenvalue weighted by molar-refractivity contribution is 0.594. The summed E-state index contributed by atoms with van der Waals surface area (Å²) < 4.78 is 1.33. The Hall–Kier alpha value is -0.940. The number of benzene rings is 1. The van der Waals surface area contributed by atoms with Crippen molar-refractivity contribution in [2.24, 2.45) is 0 Å². The van der Waals surface area contributed by atoms with E-state index >= 15 is 0 Å². The predicted octanol–water partition coefficient (Wildman–Crippen LogP) is 4.39. The summed E-state index contributed by atoms with van der Waals surface area (Å²) in [6.07, 6.45) is 5.00. The molecule has 1 N–H and O–H groups in total. The second-order valence-corrected chi connectivity index (χ2v) is 6.24. The summed E-state index contributed by atoms with van der Waals surface area (Å²) in [6.45, 7) is 7.45. The average molecular weight is 380 g/mol. The molecule has 1 atom stereocenters. The summed E-state index contributed by atoms with van der Waals surface area (Å²) in [5.74, 6) is 0. The smallest absolute Gasteiger partial charge is 0.0602 e. The van der Waals surface area contributed by atoms with Crippen molar-refractivity contribution >= 4 is 22.6 Å². The lowest BCUT2D eigenvalue weighted by Crippen LogP contribution is -2.24. The van der Waals surface area contributed by atoms with E-state index < -0.39 is 0 Å². The van der Waals surface area contributed by atoms with E-state index in [1.165, 1.54) is 25.8 Å². The molecule has 2 aromatic rings. The molecule has 1 heterocycles. The van der Waals surface area contributed by atoms with Gasteiger partial charge in [0.05, 0.1) is 6.04 Å². The van der Waals surface area contributed by atoms with Crippen LogP contribution >= 0.6 is 22.6 Å². The molecule has 0 fully saturated rings. The van der Waals surface area contributed by atoms with Crippen molar-refractivity contribution in [3.05, 3.63) is 62.5 Å². The Kier molecular flexibility index (Phi) is 5.54. The molecule has 1 unspecified atom stereocenters. The molecule has 2 nitrogen and oxygen atoms in total. The number of hydrogen-bond donors (Lipinski definition) is 1. The molecule has 0 amide bonds. The van der Waals surface area contributed by atoms with Gasteiger partial charge >= 0.3 is 0 Å². The van der Waals surface area contributed by atoms with E-state index in [4.69, 9.17) is 0 Å².